The average Bonchev–Trinajstić information content (AvgIpc) is 3.07. The molecule has 280 valence electrons. The second kappa shape index (κ2) is 38.0. The molecule has 0 radical (unpaired) electrons. The molecule has 0 aliphatic carbocycles. The number of rotatable bonds is 35. The molecule has 0 aromatic heterocycles. The number of hydrogen-bond donors (Lipinski definition) is 0. The van der Waals surface area contributed by atoms with Gasteiger partial charge in [0.2, 0.25) is 0 Å². The van der Waals surface area contributed by atoms with Crippen LogP contribution in [0, 0.1) is 0 Å². The number of allylic oxidation sites excluding steroid dienone is 8. The highest BCUT2D eigenvalue weighted by Gasteiger charge is 2.17. The molecular weight excluding hydrogens is 588 g/mol. The predicted molar refractivity (Wildman–Crippen MR) is 214 cm³/mol. The Morgan fingerprint density at radius 2 is 0.854 bits per heavy atom. The van der Waals surface area contributed by atoms with Gasteiger partial charge in [0.1, 0.15) is 6.10 Å². The molecule has 1 amide bonds. The molecule has 0 saturated heterocycles. The highest BCUT2D eigenvalue weighted by molar-refractivity contribution is 5.67. The molecule has 0 aromatic rings. The van der Waals surface area contributed by atoms with Crippen LogP contribution in [0.3, 0.4) is 0 Å². The van der Waals surface area contributed by atoms with Gasteiger partial charge in [-0.25, -0.2) is 4.79 Å². The first-order valence-corrected chi connectivity index (χ1v) is 20.7. The van der Waals surface area contributed by atoms with Crippen LogP contribution in [-0.2, 0) is 4.74 Å². The summed E-state index contributed by atoms with van der Waals surface area (Å²) in [6, 6.07) is 0. The van der Waals surface area contributed by atoms with Crippen LogP contribution in [0.2, 0.25) is 0 Å². The lowest BCUT2D eigenvalue weighted by molar-refractivity contribution is 0.0577. The van der Waals surface area contributed by atoms with Crippen molar-refractivity contribution >= 4 is 6.09 Å². The minimum atomic E-state index is -0.140. The first kappa shape index (κ1) is 46.2. The maximum atomic E-state index is 12.8. The van der Waals surface area contributed by atoms with E-state index >= 15 is 0 Å². The van der Waals surface area contributed by atoms with Crippen LogP contribution in [0.4, 0.5) is 4.79 Å². The molecule has 0 spiro atoms. The molecule has 0 fully saturated rings. The normalized spacial score (nSPS) is 12.3. The zero-order valence-corrected chi connectivity index (χ0v) is 32.9. The fourth-order valence-corrected chi connectivity index (χ4v) is 5.93. The van der Waals surface area contributed by atoms with E-state index in [1.54, 1.807) is 4.90 Å². The maximum Gasteiger partial charge on any atom is 0.409 e. The fourth-order valence-electron chi connectivity index (χ4n) is 5.93. The summed E-state index contributed by atoms with van der Waals surface area (Å²) in [7, 11) is 6.04. The van der Waals surface area contributed by atoms with Gasteiger partial charge in [-0.15, -0.1) is 0 Å². The van der Waals surface area contributed by atoms with Crippen molar-refractivity contribution in [3.05, 3.63) is 48.6 Å². The molecule has 4 heteroatoms. The van der Waals surface area contributed by atoms with Gasteiger partial charge in [0.05, 0.1) is 0 Å². The summed E-state index contributed by atoms with van der Waals surface area (Å²) in [6.07, 6.45) is 51.9. The Labute approximate surface area is 300 Å². The van der Waals surface area contributed by atoms with Gasteiger partial charge in [-0.2, -0.15) is 0 Å². The lowest BCUT2D eigenvalue weighted by Crippen LogP contribution is -2.33. The van der Waals surface area contributed by atoms with Crippen LogP contribution in [0.5, 0.6) is 0 Å². The number of amides is 1. The minimum absolute atomic E-state index is 0.0606. The number of unbranched alkanes of at least 4 members (excludes halogenated alkanes) is 18. The summed E-state index contributed by atoms with van der Waals surface area (Å²) in [5.41, 5.74) is 0. The van der Waals surface area contributed by atoms with Gasteiger partial charge in [0.25, 0.3) is 0 Å². The van der Waals surface area contributed by atoms with E-state index in [1.165, 1.54) is 128 Å². The van der Waals surface area contributed by atoms with E-state index in [9.17, 15) is 4.79 Å². The molecule has 0 aromatic carbocycles. The van der Waals surface area contributed by atoms with Crippen molar-refractivity contribution in [2.45, 2.75) is 193 Å². The van der Waals surface area contributed by atoms with Crippen molar-refractivity contribution in [1.82, 2.24) is 9.80 Å². The Bertz CT molecular complexity index is 737. The summed E-state index contributed by atoms with van der Waals surface area (Å²) < 4.78 is 6.07. The van der Waals surface area contributed by atoms with Crippen molar-refractivity contribution in [3.63, 3.8) is 0 Å². The third-order valence-corrected chi connectivity index (χ3v) is 9.13. The van der Waals surface area contributed by atoms with E-state index in [4.69, 9.17) is 4.74 Å². The number of ether oxygens (including phenoxy) is 1. The SMILES string of the molecule is CCCCC/C=C\C/C=C\CCCCCCCCC(CCCCCCCC/C=C\C/C=C\CCCCC)OC(=O)N(C)CCCN(C)C. The van der Waals surface area contributed by atoms with Gasteiger partial charge in [0, 0.05) is 13.6 Å². The molecule has 0 N–H and O–H groups in total. The molecule has 4 nitrogen and oxygen atoms in total. The van der Waals surface area contributed by atoms with Gasteiger partial charge in [-0.05, 0) is 117 Å². The fraction of sp³-hybridized carbons (Fsp3) is 0.795. The van der Waals surface area contributed by atoms with E-state index in [1.807, 2.05) is 7.05 Å². The Hall–Kier alpha value is -1.81. The largest absolute Gasteiger partial charge is 0.446 e. The molecule has 0 aliphatic rings. The molecule has 0 bridgehead atoms. The van der Waals surface area contributed by atoms with Gasteiger partial charge in [0.15, 0.2) is 0 Å². The minimum Gasteiger partial charge on any atom is -0.446 e. The standard InChI is InChI=1S/C44H82N2O2/c1-6-8-10-12-14-16-18-20-22-24-26-28-30-32-34-36-39-43(48-44(47)46(5)42-38-41-45(3)4)40-37-35-33-31-29-27-25-23-21-19-17-15-13-11-9-7-2/h14-17,20-23,43H,6-13,18-19,24-42H2,1-5H3/b16-14-,17-15-,22-20-,23-21-. The zero-order chi connectivity index (χ0) is 35.2. The summed E-state index contributed by atoms with van der Waals surface area (Å²) in [4.78, 5) is 16.8. The summed E-state index contributed by atoms with van der Waals surface area (Å²) in [5, 5.41) is 0. The topological polar surface area (TPSA) is 32.8 Å². The quantitative estimate of drug-likeness (QED) is 0.0497. The van der Waals surface area contributed by atoms with Crippen LogP contribution in [0.25, 0.3) is 0 Å². The van der Waals surface area contributed by atoms with Gasteiger partial charge in [-0.1, -0.05) is 140 Å². The van der Waals surface area contributed by atoms with Gasteiger partial charge >= 0.3 is 6.09 Å². The van der Waals surface area contributed by atoms with E-state index in [0.717, 1.165) is 58.0 Å². The third-order valence-electron chi connectivity index (χ3n) is 9.13. The van der Waals surface area contributed by atoms with Crippen LogP contribution in [-0.4, -0.2) is 56.2 Å². The number of carbonyl (C=O) groups excluding carboxylic acids is 1. The molecule has 0 unspecified atom stereocenters. The molecule has 0 rings (SSSR count). The Balaban J connectivity index is 4.17. The highest BCUT2D eigenvalue weighted by atomic mass is 16.6. The number of carbonyl (C=O) groups is 1. The molecule has 0 saturated carbocycles. The lowest BCUT2D eigenvalue weighted by atomic mass is 10.0. The molecule has 48 heavy (non-hydrogen) atoms. The second-order valence-electron chi connectivity index (χ2n) is 14.3. The molecular formula is C44H82N2O2. The first-order valence-electron chi connectivity index (χ1n) is 20.7. The Morgan fingerprint density at radius 3 is 1.25 bits per heavy atom. The average molecular weight is 671 g/mol. The Kier molecular flexibility index (Phi) is 36.6. The van der Waals surface area contributed by atoms with Crippen LogP contribution in [0.15, 0.2) is 48.6 Å². The van der Waals surface area contributed by atoms with Crippen molar-refractivity contribution in [3.8, 4) is 0 Å². The number of hydrogen-bond acceptors (Lipinski definition) is 3. The predicted octanol–water partition coefficient (Wildman–Crippen LogP) is 13.8. The van der Waals surface area contributed by atoms with E-state index in [-0.39, 0.29) is 12.2 Å². The van der Waals surface area contributed by atoms with Crippen LogP contribution in [0.1, 0.15) is 187 Å². The van der Waals surface area contributed by atoms with Crippen molar-refractivity contribution in [2.24, 2.45) is 0 Å². The Morgan fingerprint density at radius 1 is 0.479 bits per heavy atom. The zero-order valence-electron chi connectivity index (χ0n) is 32.9. The van der Waals surface area contributed by atoms with E-state index in [0.29, 0.717) is 0 Å². The van der Waals surface area contributed by atoms with Gasteiger partial charge < -0.3 is 14.5 Å². The number of nitrogens with zero attached hydrogens (tertiary/aromatic N) is 2. The smallest absolute Gasteiger partial charge is 0.409 e. The molecule has 0 aliphatic heterocycles. The van der Waals surface area contributed by atoms with E-state index < -0.39 is 0 Å². The summed E-state index contributed by atoms with van der Waals surface area (Å²) in [5.74, 6) is 0. The van der Waals surface area contributed by atoms with Crippen molar-refractivity contribution < 1.29 is 9.53 Å². The second-order valence-corrected chi connectivity index (χ2v) is 14.3. The van der Waals surface area contributed by atoms with Gasteiger partial charge in [-0.3, -0.25) is 0 Å². The summed E-state index contributed by atoms with van der Waals surface area (Å²) >= 11 is 0. The maximum absolute atomic E-state index is 12.8. The monoisotopic (exact) mass is 671 g/mol. The van der Waals surface area contributed by atoms with Crippen LogP contribution < -0.4 is 0 Å². The van der Waals surface area contributed by atoms with Crippen molar-refractivity contribution in [2.75, 3.05) is 34.2 Å². The first-order chi connectivity index (χ1) is 23.5. The highest BCUT2D eigenvalue weighted by Crippen LogP contribution is 2.18. The molecule has 0 heterocycles. The molecule has 0 atom stereocenters. The van der Waals surface area contributed by atoms with Crippen molar-refractivity contribution in [1.29, 1.82) is 0 Å². The van der Waals surface area contributed by atoms with Crippen LogP contribution >= 0.6 is 0 Å². The lowest BCUT2D eigenvalue weighted by Gasteiger charge is -2.23. The van der Waals surface area contributed by atoms with E-state index in [2.05, 4.69) is 81.5 Å². The summed E-state index contributed by atoms with van der Waals surface area (Å²) in [6.45, 7) is 6.26. The third kappa shape index (κ3) is 35.5.